The summed E-state index contributed by atoms with van der Waals surface area (Å²) >= 11 is 0. The highest BCUT2D eigenvalue weighted by atomic mass is 16.5. The first-order valence-corrected chi connectivity index (χ1v) is 5.04. The van der Waals surface area contributed by atoms with E-state index in [0.29, 0.717) is 17.4 Å². The topological polar surface area (TPSA) is 70.3 Å². The Kier molecular flexibility index (Phi) is 3.09. The zero-order valence-electron chi connectivity index (χ0n) is 9.68. The lowest BCUT2D eigenvalue weighted by Crippen LogP contribution is -1.94. The van der Waals surface area contributed by atoms with Gasteiger partial charge in [-0.1, -0.05) is 6.07 Å². The molecular formula is C12H13N3O2. The van der Waals surface area contributed by atoms with Crippen LogP contribution in [0, 0.1) is 0 Å². The first-order chi connectivity index (χ1) is 8.24. The number of nitrogens with two attached hydrogens (primary N) is 1. The highest BCUT2D eigenvalue weighted by Gasteiger charge is 2.04. The number of nitrogens with zero attached hydrogens (tertiary/aromatic N) is 2. The van der Waals surface area contributed by atoms with Crippen LogP contribution in [0.5, 0.6) is 11.8 Å². The molecule has 0 amide bonds. The second-order valence-electron chi connectivity index (χ2n) is 3.42. The SMILES string of the molecule is COc1ncc(-c2ccc(N)c(OC)c2)cn1. The van der Waals surface area contributed by atoms with Crippen LogP contribution in [0.25, 0.3) is 11.1 Å². The molecule has 2 aromatic rings. The average molecular weight is 231 g/mol. The fourth-order valence-corrected chi connectivity index (χ4v) is 1.46. The van der Waals surface area contributed by atoms with Gasteiger partial charge in [0.15, 0.2) is 0 Å². The Morgan fingerprint density at radius 1 is 1.00 bits per heavy atom. The van der Waals surface area contributed by atoms with Crippen LogP contribution in [0.2, 0.25) is 0 Å². The van der Waals surface area contributed by atoms with Gasteiger partial charge >= 0.3 is 6.01 Å². The molecule has 88 valence electrons. The van der Waals surface area contributed by atoms with Gasteiger partial charge in [-0.2, -0.15) is 0 Å². The number of aromatic nitrogens is 2. The van der Waals surface area contributed by atoms with E-state index in [0.717, 1.165) is 11.1 Å². The molecule has 2 rings (SSSR count). The smallest absolute Gasteiger partial charge is 0.316 e. The number of hydrogen-bond donors (Lipinski definition) is 1. The third-order valence-corrected chi connectivity index (χ3v) is 2.38. The Morgan fingerprint density at radius 2 is 1.71 bits per heavy atom. The van der Waals surface area contributed by atoms with Crippen molar-refractivity contribution in [2.45, 2.75) is 0 Å². The van der Waals surface area contributed by atoms with E-state index in [1.54, 1.807) is 25.6 Å². The summed E-state index contributed by atoms with van der Waals surface area (Å²) in [7, 11) is 3.11. The van der Waals surface area contributed by atoms with E-state index in [1.807, 2.05) is 12.1 Å². The summed E-state index contributed by atoms with van der Waals surface area (Å²) in [6.45, 7) is 0. The molecule has 0 aliphatic rings. The van der Waals surface area contributed by atoms with Crippen molar-refractivity contribution in [2.75, 3.05) is 20.0 Å². The Balaban J connectivity index is 2.38. The van der Waals surface area contributed by atoms with Crippen molar-refractivity contribution in [3.63, 3.8) is 0 Å². The zero-order chi connectivity index (χ0) is 12.3. The summed E-state index contributed by atoms with van der Waals surface area (Å²) < 4.78 is 10.1. The number of anilines is 1. The number of ether oxygens (including phenoxy) is 2. The summed E-state index contributed by atoms with van der Waals surface area (Å²) in [4.78, 5) is 8.09. The van der Waals surface area contributed by atoms with Crippen LogP contribution in [-0.2, 0) is 0 Å². The number of benzene rings is 1. The number of hydrogen-bond acceptors (Lipinski definition) is 5. The van der Waals surface area contributed by atoms with Crippen molar-refractivity contribution in [2.24, 2.45) is 0 Å². The van der Waals surface area contributed by atoms with Gasteiger partial charge in [0.05, 0.1) is 19.9 Å². The van der Waals surface area contributed by atoms with Gasteiger partial charge in [0.1, 0.15) is 5.75 Å². The van der Waals surface area contributed by atoms with E-state index in [9.17, 15) is 0 Å². The molecule has 1 heterocycles. The molecule has 0 saturated heterocycles. The fourth-order valence-electron chi connectivity index (χ4n) is 1.46. The second-order valence-corrected chi connectivity index (χ2v) is 3.42. The summed E-state index contributed by atoms with van der Waals surface area (Å²) in [6.07, 6.45) is 3.38. The van der Waals surface area contributed by atoms with Crippen molar-refractivity contribution in [1.82, 2.24) is 9.97 Å². The minimum Gasteiger partial charge on any atom is -0.495 e. The van der Waals surface area contributed by atoms with E-state index in [4.69, 9.17) is 15.2 Å². The third kappa shape index (κ3) is 2.28. The molecule has 0 bridgehead atoms. The van der Waals surface area contributed by atoms with E-state index >= 15 is 0 Å². The minimum absolute atomic E-state index is 0.344. The largest absolute Gasteiger partial charge is 0.495 e. The Bertz CT molecular complexity index is 512. The summed E-state index contributed by atoms with van der Waals surface area (Å²) in [5, 5.41) is 0. The van der Waals surface area contributed by atoms with Gasteiger partial charge in [-0.15, -0.1) is 0 Å². The monoisotopic (exact) mass is 231 g/mol. The number of methoxy groups -OCH3 is 2. The maximum absolute atomic E-state index is 5.75. The quantitative estimate of drug-likeness (QED) is 0.815. The molecule has 5 nitrogen and oxygen atoms in total. The van der Waals surface area contributed by atoms with Crippen LogP contribution in [-0.4, -0.2) is 24.2 Å². The van der Waals surface area contributed by atoms with E-state index in [2.05, 4.69) is 9.97 Å². The molecule has 1 aromatic heterocycles. The molecule has 2 N–H and O–H groups in total. The van der Waals surface area contributed by atoms with Crippen LogP contribution in [0.3, 0.4) is 0 Å². The van der Waals surface area contributed by atoms with Gasteiger partial charge in [0, 0.05) is 18.0 Å². The van der Waals surface area contributed by atoms with Crippen LogP contribution < -0.4 is 15.2 Å². The molecule has 0 atom stereocenters. The minimum atomic E-state index is 0.344. The van der Waals surface area contributed by atoms with Crippen LogP contribution in [0.4, 0.5) is 5.69 Å². The van der Waals surface area contributed by atoms with Gasteiger partial charge in [-0.25, -0.2) is 9.97 Å². The van der Waals surface area contributed by atoms with Crippen LogP contribution in [0.15, 0.2) is 30.6 Å². The van der Waals surface area contributed by atoms with Crippen LogP contribution in [0.1, 0.15) is 0 Å². The van der Waals surface area contributed by atoms with E-state index in [-0.39, 0.29) is 0 Å². The fraction of sp³-hybridized carbons (Fsp3) is 0.167. The van der Waals surface area contributed by atoms with Crippen molar-refractivity contribution in [1.29, 1.82) is 0 Å². The van der Waals surface area contributed by atoms with E-state index in [1.165, 1.54) is 7.11 Å². The van der Waals surface area contributed by atoms with Crippen molar-refractivity contribution in [3.05, 3.63) is 30.6 Å². The molecule has 1 aromatic carbocycles. The number of nitrogen functional groups attached to an aromatic ring is 1. The van der Waals surface area contributed by atoms with E-state index < -0.39 is 0 Å². The third-order valence-electron chi connectivity index (χ3n) is 2.38. The lowest BCUT2D eigenvalue weighted by molar-refractivity contribution is 0.380. The zero-order valence-corrected chi connectivity index (χ0v) is 9.68. The average Bonchev–Trinajstić information content (AvgIpc) is 2.39. The molecule has 0 aliphatic carbocycles. The first kappa shape index (κ1) is 11.2. The summed E-state index contributed by atoms with van der Waals surface area (Å²) in [6, 6.07) is 5.87. The van der Waals surface area contributed by atoms with Crippen molar-refractivity contribution < 1.29 is 9.47 Å². The predicted octanol–water partition coefficient (Wildman–Crippen LogP) is 1.74. The van der Waals surface area contributed by atoms with Crippen molar-refractivity contribution >= 4 is 5.69 Å². The Hall–Kier alpha value is -2.30. The van der Waals surface area contributed by atoms with Crippen LogP contribution >= 0.6 is 0 Å². The normalized spacial score (nSPS) is 10.0. The Morgan fingerprint density at radius 3 is 2.29 bits per heavy atom. The maximum Gasteiger partial charge on any atom is 0.316 e. The van der Waals surface area contributed by atoms with Gasteiger partial charge in [-0.3, -0.25) is 0 Å². The summed E-state index contributed by atoms with van der Waals surface area (Å²) in [5.41, 5.74) is 8.17. The second kappa shape index (κ2) is 4.69. The van der Waals surface area contributed by atoms with Gasteiger partial charge in [0.25, 0.3) is 0 Å². The number of rotatable bonds is 3. The molecule has 0 spiro atoms. The molecule has 17 heavy (non-hydrogen) atoms. The molecule has 0 fully saturated rings. The highest BCUT2D eigenvalue weighted by Crippen LogP contribution is 2.28. The molecule has 0 unspecified atom stereocenters. The van der Waals surface area contributed by atoms with Gasteiger partial charge in [-0.05, 0) is 17.7 Å². The maximum atomic E-state index is 5.75. The first-order valence-electron chi connectivity index (χ1n) is 5.04. The van der Waals surface area contributed by atoms with Gasteiger partial charge in [0.2, 0.25) is 0 Å². The summed E-state index contributed by atoms with van der Waals surface area (Å²) in [5.74, 6) is 0.637. The van der Waals surface area contributed by atoms with Crippen molar-refractivity contribution in [3.8, 4) is 22.9 Å². The molecular weight excluding hydrogens is 218 g/mol. The van der Waals surface area contributed by atoms with Gasteiger partial charge < -0.3 is 15.2 Å². The lowest BCUT2D eigenvalue weighted by Gasteiger charge is -2.07. The Labute approximate surface area is 99.2 Å². The molecule has 0 saturated carbocycles. The predicted molar refractivity (Wildman–Crippen MR) is 65.0 cm³/mol. The molecule has 5 heteroatoms. The molecule has 0 aliphatic heterocycles. The molecule has 0 radical (unpaired) electrons. The lowest BCUT2D eigenvalue weighted by atomic mass is 10.1. The standard InChI is InChI=1S/C12H13N3O2/c1-16-11-5-8(3-4-10(11)13)9-6-14-12(17-2)15-7-9/h3-7H,13H2,1-2H3. The highest BCUT2D eigenvalue weighted by molar-refractivity contribution is 5.68.